The number of thiol groups is 1. The summed E-state index contributed by atoms with van der Waals surface area (Å²) in [6, 6.07) is 0. The van der Waals surface area contributed by atoms with Crippen LogP contribution in [0.4, 0.5) is 12.9 Å². The fourth-order valence-corrected chi connectivity index (χ4v) is 2.58. The minimum Gasteiger partial charge on any atom is -0.456 e. The van der Waals surface area contributed by atoms with Crippen LogP contribution >= 0.6 is 12.6 Å². The zero-order chi connectivity index (χ0) is 16.7. The molecule has 1 aromatic rings. The Balaban J connectivity index is 3.61. The largest absolute Gasteiger partial charge is 0.510 e. The molecule has 0 radical (unpaired) electrons. The molecule has 0 amide bonds. The Hall–Kier alpha value is -1.11. The van der Waals surface area contributed by atoms with E-state index in [1.54, 1.807) is 27.7 Å². The molecule has 0 aromatic heterocycles. The number of benzene rings is 1. The van der Waals surface area contributed by atoms with E-state index in [9.17, 15) is 17.7 Å². The molecule has 0 atom stereocenters. The van der Waals surface area contributed by atoms with Gasteiger partial charge in [0.05, 0.1) is 5.56 Å². The van der Waals surface area contributed by atoms with E-state index < -0.39 is 24.0 Å². The van der Waals surface area contributed by atoms with Crippen molar-refractivity contribution in [3.05, 3.63) is 22.3 Å². The molecule has 0 bridgehead atoms. The van der Waals surface area contributed by atoms with E-state index in [-0.39, 0.29) is 21.6 Å². The lowest BCUT2D eigenvalue weighted by molar-refractivity contribution is 0.00678. The van der Waals surface area contributed by atoms with Gasteiger partial charge in [0.25, 0.3) is 0 Å². The van der Waals surface area contributed by atoms with Crippen molar-refractivity contribution in [1.29, 1.82) is 0 Å². The molecule has 0 aliphatic heterocycles. The summed E-state index contributed by atoms with van der Waals surface area (Å²) in [5, 5.41) is 0. The zero-order valence-corrected chi connectivity index (χ0v) is 13.9. The highest BCUT2D eigenvalue weighted by Gasteiger charge is 2.34. The molecule has 0 heterocycles. The SMILES string of the molecule is Cc1c(S)c(C)c([B-](F)(F)F)c(C)c1C(=O)OC(C)(C)C. The van der Waals surface area contributed by atoms with Crippen LogP contribution in [0.15, 0.2) is 4.90 Å². The highest BCUT2D eigenvalue weighted by Crippen LogP contribution is 2.29. The molecule has 21 heavy (non-hydrogen) atoms. The molecular formula is C14H19BF3O2S-. The predicted octanol–water partition coefficient (Wildman–Crippen LogP) is 3.91. The summed E-state index contributed by atoms with van der Waals surface area (Å²) in [5.74, 6) is -0.755. The summed E-state index contributed by atoms with van der Waals surface area (Å²) in [6.07, 6.45) is 0. The van der Waals surface area contributed by atoms with Crippen molar-refractivity contribution in [3.8, 4) is 0 Å². The molecule has 0 aliphatic rings. The average molecular weight is 319 g/mol. The van der Waals surface area contributed by atoms with E-state index in [4.69, 9.17) is 4.74 Å². The topological polar surface area (TPSA) is 26.3 Å². The van der Waals surface area contributed by atoms with Gasteiger partial charge in [-0.05, 0) is 47.1 Å². The van der Waals surface area contributed by atoms with Gasteiger partial charge in [-0.25, -0.2) is 4.79 Å². The molecule has 1 rings (SSSR count). The minimum atomic E-state index is -5.23. The van der Waals surface area contributed by atoms with E-state index >= 15 is 0 Å². The second kappa shape index (κ2) is 5.59. The van der Waals surface area contributed by atoms with Gasteiger partial charge in [0, 0.05) is 4.90 Å². The van der Waals surface area contributed by atoms with Crippen molar-refractivity contribution >= 4 is 31.0 Å². The van der Waals surface area contributed by atoms with E-state index in [1.165, 1.54) is 13.8 Å². The van der Waals surface area contributed by atoms with Crippen LogP contribution in [0, 0.1) is 20.8 Å². The minimum absolute atomic E-state index is 0.0466. The van der Waals surface area contributed by atoms with Gasteiger partial charge in [-0.3, -0.25) is 0 Å². The Morgan fingerprint density at radius 1 is 1.05 bits per heavy atom. The van der Waals surface area contributed by atoms with E-state index in [1.807, 2.05) is 0 Å². The number of hydrogen-bond donors (Lipinski definition) is 1. The van der Waals surface area contributed by atoms with E-state index in [2.05, 4.69) is 12.6 Å². The van der Waals surface area contributed by atoms with Crippen molar-refractivity contribution < 1.29 is 22.5 Å². The molecule has 0 saturated heterocycles. The third-order valence-corrected chi connectivity index (χ3v) is 3.87. The summed E-state index contributed by atoms with van der Waals surface area (Å²) < 4.78 is 45.1. The molecule has 0 unspecified atom stereocenters. The fraction of sp³-hybridized carbons (Fsp3) is 0.500. The third-order valence-electron chi connectivity index (χ3n) is 3.20. The second-order valence-electron chi connectivity index (χ2n) is 6.09. The summed E-state index contributed by atoms with van der Waals surface area (Å²) in [7, 11) is 0. The quantitative estimate of drug-likeness (QED) is 0.508. The predicted molar refractivity (Wildman–Crippen MR) is 81.8 cm³/mol. The molecule has 0 spiro atoms. The Kier molecular flexibility index (Phi) is 4.78. The number of carbonyl (C=O) groups is 1. The smallest absolute Gasteiger partial charge is 0.456 e. The maximum atomic E-state index is 13.3. The van der Waals surface area contributed by atoms with Crippen molar-refractivity contribution in [2.75, 3.05) is 0 Å². The summed E-state index contributed by atoms with van der Waals surface area (Å²) in [4.78, 5) is 12.4. The van der Waals surface area contributed by atoms with Gasteiger partial charge in [0.15, 0.2) is 0 Å². The molecule has 2 nitrogen and oxygen atoms in total. The van der Waals surface area contributed by atoms with E-state index in [0.717, 1.165) is 0 Å². The van der Waals surface area contributed by atoms with Crippen LogP contribution in [-0.4, -0.2) is 18.5 Å². The number of ether oxygens (including phenoxy) is 1. The lowest BCUT2D eigenvalue weighted by atomic mass is 9.72. The van der Waals surface area contributed by atoms with Crippen LogP contribution in [0.3, 0.4) is 0 Å². The maximum absolute atomic E-state index is 13.3. The van der Waals surface area contributed by atoms with Crippen LogP contribution < -0.4 is 5.46 Å². The van der Waals surface area contributed by atoms with Gasteiger partial charge in [-0.2, -0.15) is 0 Å². The molecule has 1 aromatic carbocycles. The Bertz CT molecular complexity index is 590. The second-order valence-corrected chi connectivity index (χ2v) is 6.54. The van der Waals surface area contributed by atoms with Gasteiger partial charge in [0.1, 0.15) is 5.60 Å². The first kappa shape index (κ1) is 17.9. The normalized spacial score (nSPS) is 12.5. The van der Waals surface area contributed by atoms with E-state index in [0.29, 0.717) is 5.56 Å². The Morgan fingerprint density at radius 3 is 1.90 bits per heavy atom. The van der Waals surface area contributed by atoms with Crippen molar-refractivity contribution in [1.82, 2.24) is 0 Å². The Labute approximate surface area is 128 Å². The summed E-state index contributed by atoms with van der Waals surface area (Å²) in [5.41, 5.74) is -1.22. The third kappa shape index (κ3) is 3.76. The van der Waals surface area contributed by atoms with Crippen molar-refractivity contribution in [2.24, 2.45) is 0 Å². The highest BCUT2D eigenvalue weighted by molar-refractivity contribution is 7.80. The standard InChI is InChI=1S/C14H19BF3O2S/c1-7-10(13(19)20-14(4,5)6)8(2)12(21)9(3)11(7)15(16,17)18/h21H,1-6H3/q-1. The van der Waals surface area contributed by atoms with Gasteiger partial charge in [0.2, 0.25) is 0 Å². The molecular weight excluding hydrogens is 300 g/mol. The van der Waals surface area contributed by atoms with Crippen molar-refractivity contribution in [3.63, 3.8) is 0 Å². The van der Waals surface area contributed by atoms with Gasteiger partial charge >= 0.3 is 12.9 Å². The molecule has 0 saturated carbocycles. The zero-order valence-electron chi connectivity index (χ0n) is 13.0. The average Bonchev–Trinajstić information content (AvgIpc) is 2.21. The number of rotatable bonds is 2. The number of esters is 1. The van der Waals surface area contributed by atoms with Gasteiger partial charge in [-0.1, -0.05) is 11.1 Å². The number of carbonyl (C=O) groups excluding carboxylic acids is 1. The first-order valence-corrected chi connectivity index (χ1v) is 6.98. The van der Waals surface area contributed by atoms with Crippen LogP contribution in [0.2, 0.25) is 0 Å². The molecule has 0 fully saturated rings. The molecule has 7 heteroatoms. The lowest BCUT2D eigenvalue weighted by Gasteiger charge is -2.27. The van der Waals surface area contributed by atoms with Gasteiger partial charge in [-0.15, -0.1) is 18.1 Å². The van der Waals surface area contributed by atoms with Crippen molar-refractivity contribution in [2.45, 2.75) is 52.0 Å². The van der Waals surface area contributed by atoms with Crippen LogP contribution in [-0.2, 0) is 4.74 Å². The first-order valence-electron chi connectivity index (χ1n) is 6.53. The van der Waals surface area contributed by atoms with Crippen LogP contribution in [0.5, 0.6) is 0 Å². The van der Waals surface area contributed by atoms with Crippen LogP contribution in [0.25, 0.3) is 0 Å². The molecule has 0 aliphatic carbocycles. The Morgan fingerprint density at radius 2 is 1.52 bits per heavy atom. The molecule has 0 N–H and O–H groups in total. The summed E-state index contributed by atoms with van der Waals surface area (Å²) >= 11 is 4.14. The summed E-state index contributed by atoms with van der Waals surface area (Å²) in [6.45, 7) is 4.02. The van der Waals surface area contributed by atoms with Crippen LogP contribution in [0.1, 0.15) is 47.8 Å². The fourth-order valence-electron chi connectivity index (χ4n) is 2.35. The number of hydrogen-bond acceptors (Lipinski definition) is 3. The molecule has 118 valence electrons. The monoisotopic (exact) mass is 319 g/mol. The first-order chi connectivity index (χ1) is 9.27. The number of halogens is 3. The van der Waals surface area contributed by atoms with Gasteiger partial charge < -0.3 is 17.7 Å². The maximum Gasteiger partial charge on any atom is 0.510 e. The lowest BCUT2D eigenvalue weighted by Crippen LogP contribution is -2.40. The highest BCUT2D eigenvalue weighted by atomic mass is 32.1.